The van der Waals surface area contributed by atoms with Crippen LogP contribution in [-0.2, 0) is 0 Å². The molecule has 230 valence electrons. The fourth-order valence-corrected chi connectivity index (χ4v) is 5.56. The number of rotatable bonds is 12. The van der Waals surface area contributed by atoms with Gasteiger partial charge in [-0.1, -0.05) is 184 Å². The van der Waals surface area contributed by atoms with Gasteiger partial charge < -0.3 is 0 Å². The van der Waals surface area contributed by atoms with E-state index < -0.39 is 0 Å². The third-order valence-electron chi connectivity index (χ3n) is 8.34. The number of hydrogen-bond donors (Lipinski definition) is 0. The summed E-state index contributed by atoms with van der Waals surface area (Å²) < 4.78 is 0. The van der Waals surface area contributed by atoms with Crippen molar-refractivity contribution < 1.29 is 0 Å². The van der Waals surface area contributed by atoms with Gasteiger partial charge in [-0.2, -0.15) is 0 Å². The molecular formula is C47H42. The van der Waals surface area contributed by atoms with Gasteiger partial charge in [0.1, 0.15) is 0 Å². The summed E-state index contributed by atoms with van der Waals surface area (Å²) in [4.78, 5) is 0. The van der Waals surface area contributed by atoms with Crippen LogP contribution in [0.1, 0.15) is 31.4 Å². The molecule has 0 aromatic heterocycles. The molecule has 0 heterocycles. The summed E-state index contributed by atoms with van der Waals surface area (Å²) in [6.45, 7) is 17.0. The summed E-state index contributed by atoms with van der Waals surface area (Å²) in [5.74, 6) is 0. The summed E-state index contributed by atoms with van der Waals surface area (Å²) in [5, 5.41) is 4.94. The van der Waals surface area contributed by atoms with E-state index in [4.69, 9.17) is 0 Å². The molecule has 0 aliphatic heterocycles. The Bertz CT molecular complexity index is 2100. The van der Waals surface area contributed by atoms with Gasteiger partial charge in [-0.3, -0.25) is 0 Å². The Morgan fingerprint density at radius 3 is 1.89 bits per heavy atom. The quantitative estimate of drug-likeness (QED) is 0.124. The third kappa shape index (κ3) is 8.31. The molecule has 0 fully saturated rings. The molecule has 0 radical (unpaired) electrons. The predicted octanol–water partition coefficient (Wildman–Crippen LogP) is 13.5. The summed E-state index contributed by atoms with van der Waals surface area (Å²) >= 11 is 0. The van der Waals surface area contributed by atoms with Crippen LogP contribution in [-0.4, -0.2) is 0 Å². The largest absolute Gasteiger partial charge is 0.0991 e. The molecule has 0 spiro atoms. The molecular weight excluding hydrogens is 565 g/mol. The van der Waals surface area contributed by atoms with Crippen LogP contribution in [0.2, 0.25) is 0 Å². The van der Waals surface area contributed by atoms with Crippen molar-refractivity contribution in [3.05, 3.63) is 218 Å². The Morgan fingerprint density at radius 2 is 1.21 bits per heavy atom. The topological polar surface area (TPSA) is 0 Å². The van der Waals surface area contributed by atoms with Crippen molar-refractivity contribution in [2.45, 2.75) is 20.3 Å². The SMILES string of the molecule is C=C/C=C/C=C\C(=C/C=C/C(=C)/C(C)=C(/C=C\CC)C(=C)c1ccc(-c2ccc3ccccc3c2)cc1)c1ccc2ccccc2c1. The van der Waals surface area contributed by atoms with Gasteiger partial charge in [-0.05, 0) is 97.1 Å². The van der Waals surface area contributed by atoms with Crippen molar-refractivity contribution in [2.75, 3.05) is 0 Å². The van der Waals surface area contributed by atoms with Gasteiger partial charge in [0.15, 0.2) is 0 Å². The zero-order valence-corrected chi connectivity index (χ0v) is 27.5. The lowest BCUT2D eigenvalue weighted by Gasteiger charge is -2.14. The smallest absolute Gasteiger partial charge is 0.0152 e. The van der Waals surface area contributed by atoms with Crippen LogP contribution in [0.15, 0.2) is 206 Å². The van der Waals surface area contributed by atoms with E-state index in [1.165, 1.54) is 32.7 Å². The van der Waals surface area contributed by atoms with Crippen molar-refractivity contribution in [1.82, 2.24) is 0 Å². The van der Waals surface area contributed by atoms with Crippen LogP contribution < -0.4 is 0 Å². The molecule has 0 nitrogen and oxygen atoms in total. The van der Waals surface area contributed by atoms with Gasteiger partial charge in [0, 0.05) is 0 Å². The number of fused-ring (bicyclic) bond motifs is 2. The molecule has 5 aromatic rings. The highest BCUT2D eigenvalue weighted by Crippen LogP contribution is 2.31. The summed E-state index contributed by atoms with van der Waals surface area (Å²) in [6.07, 6.45) is 21.5. The van der Waals surface area contributed by atoms with Gasteiger partial charge >= 0.3 is 0 Å². The van der Waals surface area contributed by atoms with Crippen LogP contribution in [0, 0.1) is 0 Å². The second-order valence-corrected chi connectivity index (χ2v) is 11.5. The monoisotopic (exact) mass is 606 g/mol. The summed E-state index contributed by atoms with van der Waals surface area (Å²) in [7, 11) is 0. The molecule has 47 heavy (non-hydrogen) atoms. The maximum absolute atomic E-state index is 4.54. The second-order valence-electron chi connectivity index (χ2n) is 11.5. The molecule has 0 N–H and O–H groups in total. The Kier molecular flexibility index (Phi) is 11.1. The summed E-state index contributed by atoms with van der Waals surface area (Å²) in [5.41, 5.74) is 9.87. The zero-order chi connectivity index (χ0) is 33.0. The number of allylic oxidation sites excluding steroid dienone is 15. The number of hydrogen-bond acceptors (Lipinski definition) is 0. The van der Waals surface area contributed by atoms with E-state index in [9.17, 15) is 0 Å². The van der Waals surface area contributed by atoms with Crippen molar-refractivity contribution in [3.8, 4) is 11.1 Å². The van der Waals surface area contributed by atoms with Crippen molar-refractivity contribution >= 4 is 32.7 Å². The molecule has 0 amide bonds. The van der Waals surface area contributed by atoms with Crippen molar-refractivity contribution in [3.63, 3.8) is 0 Å². The highest BCUT2D eigenvalue weighted by molar-refractivity contribution is 5.89. The van der Waals surface area contributed by atoms with Crippen molar-refractivity contribution in [1.29, 1.82) is 0 Å². The fourth-order valence-electron chi connectivity index (χ4n) is 5.56. The minimum Gasteiger partial charge on any atom is -0.0991 e. The molecule has 0 unspecified atom stereocenters. The van der Waals surface area contributed by atoms with Crippen LogP contribution in [0.5, 0.6) is 0 Å². The Balaban J connectivity index is 1.41. The van der Waals surface area contributed by atoms with Gasteiger partial charge in [-0.15, -0.1) is 0 Å². The molecule has 0 heteroatoms. The van der Waals surface area contributed by atoms with E-state index in [2.05, 4.69) is 179 Å². The first-order valence-electron chi connectivity index (χ1n) is 16.2. The Morgan fingerprint density at radius 1 is 0.596 bits per heavy atom. The molecule has 0 bridgehead atoms. The molecule has 0 atom stereocenters. The maximum atomic E-state index is 4.54. The van der Waals surface area contributed by atoms with Gasteiger partial charge in [0.2, 0.25) is 0 Å². The lowest BCUT2D eigenvalue weighted by atomic mass is 9.91. The predicted molar refractivity (Wildman–Crippen MR) is 209 cm³/mol. The van der Waals surface area contributed by atoms with E-state index in [0.717, 1.165) is 45.4 Å². The van der Waals surface area contributed by atoms with Crippen LogP contribution >= 0.6 is 0 Å². The first-order valence-corrected chi connectivity index (χ1v) is 16.2. The molecule has 5 rings (SSSR count). The molecule has 0 saturated carbocycles. The van der Waals surface area contributed by atoms with Gasteiger partial charge in [-0.25, -0.2) is 0 Å². The van der Waals surface area contributed by atoms with E-state index in [1.54, 1.807) is 6.08 Å². The van der Waals surface area contributed by atoms with Gasteiger partial charge in [0.05, 0.1) is 0 Å². The average Bonchev–Trinajstić information content (AvgIpc) is 3.12. The fraction of sp³-hybridized carbons (Fsp3) is 0.0638. The molecule has 0 aliphatic carbocycles. The van der Waals surface area contributed by atoms with Crippen LogP contribution in [0.4, 0.5) is 0 Å². The number of benzene rings is 5. The minimum atomic E-state index is 0.942. The van der Waals surface area contributed by atoms with E-state index in [-0.39, 0.29) is 0 Å². The van der Waals surface area contributed by atoms with Crippen LogP contribution in [0.25, 0.3) is 43.8 Å². The van der Waals surface area contributed by atoms with E-state index in [0.29, 0.717) is 0 Å². The highest BCUT2D eigenvalue weighted by atomic mass is 14.1. The molecule has 0 saturated heterocycles. The molecule has 5 aromatic carbocycles. The molecule has 0 aliphatic rings. The van der Waals surface area contributed by atoms with E-state index >= 15 is 0 Å². The third-order valence-corrected chi connectivity index (χ3v) is 8.34. The standard InChI is InChI=1S/C47H42/c1-6-8-10-11-18-39(45-31-29-40-19-12-14-21-43(40)33-45)23-16-17-35(3)36(4)47(24-9-7-2)37(5)38-25-27-42(28-26-38)46-32-30-41-20-13-15-22-44(41)34-46/h6,8-34H,1,3,5,7H2,2,4H3/b10-8+,17-16+,18-11-,24-9-,39-23+,47-36-. The first-order chi connectivity index (χ1) is 23.0. The highest BCUT2D eigenvalue weighted by Gasteiger charge is 2.10. The van der Waals surface area contributed by atoms with Crippen LogP contribution in [0.3, 0.4) is 0 Å². The minimum absolute atomic E-state index is 0.942. The Labute approximate surface area is 280 Å². The lowest BCUT2D eigenvalue weighted by molar-refractivity contribution is 1.22. The maximum Gasteiger partial charge on any atom is -0.0152 e. The zero-order valence-electron chi connectivity index (χ0n) is 27.5. The lowest BCUT2D eigenvalue weighted by Crippen LogP contribution is -1.93. The van der Waals surface area contributed by atoms with E-state index in [1.807, 2.05) is 18.2 Å². The first kappa shape index (κ1) is 32.7. The summed E-state index contributed by atoms with van der Waals surface area (Å²) in [6, 6.07) is 38.8. The normalized spacial score (nSPS) is 12.9. The van der Waals surface area contributed by atoms with Gasteiger partial charge in [0.25, 0.3) is 0 Å². The van der Waals surface area contributed by atoms with Crippen molar-refractivity contribution in [2.24, 2.45) is 0 Å². The average molecular weight is 607 g/mol. The Hall–Kier alpha value is -5.72. The second kappa shape index (κ2) is 16.0.